The molecule has 2 atom stereocenters. The first-order chi connectivity index (χ1) is 19.4. The number of nitrogens with one attached hydrogen (secondary N) is 2. The molecule has 3 fully saturated rings. The molecule has 2 N–H and O–H groups in total. The lowest BCUT2D eigenvalue weighted by Crippen LogP contribution is -2.54. The van der Waals surface area contributed by atoms with Gasteiger partial charge in [0.05, 0.1) is 5.41 Å². The second kappa shape index (κ2) is 10.7. The van der Waals surface area contributed by atoms with E-state index in [0.717, 1.165) is 24.5 Å². The number of rotatable bonds is 2. The van der Waals surface area contributed by atoms with Crippen LogP contribution in [0.15, 0.2) is 36.5 Å². The predicted molar refractivity (Wildman–Crippen MR) is 144 cm³/mol. The number of amides is 5. The molecule has 11 heteroatoms. The number of aromatic nitrogens is 1. The van der Waals surface area contributed by atoms with Gasteiger partial charge in [0.25, 0.3) is 0 Å². The summed E-state index contributed by atoms with van der Waals surface area (Å²) in [4.78, 5) is 49.1. The number of hydrogen-bond acceptors (Lipinski definition) is 4. The van der Waals surface area contributed by atoms with Crippen molar-refractivity contribution >= 4 is 23.8 Å². The Hall–Kier alpha value is -3.76. The molecular formula is C29H34F2N6O3. The number of pyridine rings is 1. The fourth-order valence-electron chi connectivity index (χ4n) is 6.76. The highest BCUT2D eigenvalue weighted by molar-refractivity contribution is 6.05. The van der Waals surface area contributed by atoms with Gasteiger partial charge in [0.1, 0.15) is 5.82 Å². The van der Waals surface area contributed by atoms with Gasteiger partial charge in [0, 0.05) is 63.0 Å². The summed E-state index contributed by atoms with van der Waals surface area (Å²) in [7, 11) is 0. The van der Waals surface area contributed by atoms with Crippen molar-refractivity contribution in [2.24, 2.45) is 0 Å². The van der Waals surface area contributed by atoms with Crippen LogP contribution in [0.4, 0.5) is 24.2 Å². The van der Waals surface area contributed by atoms with Crippen molar-refractivity contribution in [2.75, 3.05) is 44.6 Å². The van der Waals surface area contributed by atoms with Crippen LogP contribution >= 0.6 is 0 Å². The first-order valence-corrected chi connectivity index (χ1v) is 14.2. The minimum absolute atomic E-state index is 0.0725. The molecule has 0 aliphatic carbocycles. The molecule has 9 nitrogen and oxygen atoms in total. The van der Waals surface area contributed by atoms with Crippen LogP contribution in [0.1, 0.15) is 55.6 Å². The number of halogens is 2. The van der Waals surface area contributed by atoms with Crippen molar-refractivity contribution < 1.29 is 23.2 Å². The maximum absolute atomic E-state index is 14.7. The summed E-state index contributed by atoms with van der Waals surface area (Å²) in [6.45, 7) is 2.73. The quantitative estimate of drug-likeness (QED) is 0.592. The first kappa shape index (κ1) is 26.5. The fourth-order valence-corrected chi connectivity index (χ4v) is 6.76. The van der Waals surface area contributed by atoms with E-state index in [-0.39, 0.29) is 42.0 Å². The number of carbonyl (C=O) groups is 3. The van der Waals surface area contributed by atoms with E-state index in [9.17, 15) is 23.2 Å². The van der Waals surface area contributed by atoms with Crippen LogP contribution in [-0.2, 0) is 10.2 Å². The van der Waals surface area contributed by atoms with Gasteiger partial charge in [-0.25, -0.2) is 23.4 Å². The molecular weight excluding hydrogens is 518 g/mol. The number of nitrogens with zero attached hydrogens (tertiary/aromatic N) is 4. The Balaban J connectivity index is 1.15. The molecule has 5 amide bonds. The normalized spacial score (nSPS) is 24.1. The lowest BCUT2D eigenvalue weighted by molar-refractivity contribution is -0.122. The number of hydrogen-bond donors (Lipinski definition) is 2. The molecule has 2 aromatic rings. The number of carbonyl (C=O) groups excluding carboxylic acids is 3. The highest BCUT2D eigenvalue weighted by Crippen LogP contribution is 2.43. The second-order valence-corrected chi connectivity index (χ2v) is 11.4. The minimum Gasteiger partial charge on any atom is -0.333 e. The Morgan fingerprint density at radius 1 is 0.950 bits per heavy atom. The van der Waals surface area contributed by atoms with Crippen molar-refractivity contribution in [1.82, 2.24) is 25.0 Å². The van der Waals surface area contributed by atoms with E-state index in [1.165, 1.54) is 6.07 Å². The summed E-state index contributed by atoms with van der Waals surface area (Å²) in [6, 6.07) is 7.21. The van der Waals surface area contributed by atoms with Crippen LogP contribution in [0.2, 0.25) is 0 Å². The maximum atomic E-state index is 14.7. The molecule has 0 saturated carbocycles. The SMILES string of the molecule is O=C(N[C@@H]1CC[C@@H](c2cccc(F)c2F)CN(C(=O)N2CCCC2)C1)N1CCC2(CC1)C(=O)Nc1ncccc12. The lowest BCUT2D eigenvalue weighted by Gasteiger charge is -2.38. The van der Waals surface area contributed by atoms with Crippen molar-refractivity contribution in [3.8, 4) is 0 Å². The largest absolute Gasteiger partial charge is 0.333 e. The molecule has 1 aromatic carbocycles. The highest BCUT2D eigenvalue weighted by Gasteiger charge is 2.49. The summed E-state index contributed by atoms with van der Waals surface area (Å²) in [5.41, 5.74) is 0.469. The van der Waals surface area contributed by atoms with Gasteiger partial charge in [0.15, 0.2) is 11.6 Å². The van der Waals surface area contributed by atoms with Gasteiger partial charge in [-0.05, 0) is 56.2 Å². The summed E-state index contributed by atoms with van der Waals surface area (Å²) in [5, 5.41) is 5.98. The zero-order valence-electron chi connectivity index (χ0n) is 22.4. The van der Waals surface area contributed by atoms with Crippen molar-refractivity contribution in [1.29, 1.82) is 0 Å². The molecule has 3 saturated heterocycles. The third kappa shape index (κ3) is 4.75. The second-order valence-electron chi connectivity index (χ2n) is 11.4. The van der Waals surface area contributed by atoms with Crippen LogP contribution in [-0.4, -0.2) is 83.0 Å². The molecule has 4 aliphatic heterocycles. The topological polar surface area (TPSA) is 97.9 Å². The molecule has 212 valence electrons. The first-order valence-electron chi connectivity index (χ1n) is 14.2. The van der Waals surface area contributed by atoms with Gasteiger partial charge in [-0.3, -0.25) is 4.79 Å². The van der Waals surface area contributed by atoms with Crippen LogP contribution in [0.5, 0.6) is 0 Å². The Morgan fingerprint density at radius 3 is 2.50 bits per heavy atom. The molecule has 4 aliphatic rings. The average molecular weight is 553 g/mol. The molecule has 0 radical (unpaired) electrons. The number of fused-ring (bicyclic) bond motifs is 2. The number of anilines is 1. The van der Waals surface area contributed by atoms with Crippen LogP contribution in [0.3, 0.4) is 0 Å². The number of likely N-dealkylation sites (tertiary alicyclic amines) is 3. The van der Waals surface area contributed by atoms with Gasteiger partial charge in [-0.15, -0.1) is 0 Å². The molecule has 40 heavy (non-hydrogen) atoms. The Kier molecular flexibility index (Phi) is 7.06. The van der Waals surface area contributed by atoms with Gasteiger partial charge in [0.2, 0.25) is 5.91 Å². The van der Waals surface area contributed by atoms with Crippen LogP contribution in [0.25, 0.3) is 0 Å². The number of piperidine rings is 1. The molecule has 0 bridgehead atoms. The Bertz CT molecular complexity index is 1310. The van der Waals surface area contributed by atoms with E-state index in [0.29, 0.717) is 64.2 Å². The summed E-state index contributed by atoms with van der Waals surface area (Å²) in [5.74, 6) is -1.64. The number of urea groups is 2. The van der Waals surface area contributed by atoms with Crippen LogP contribution in [0, 0.1) is 11.6 Å². The van der Waals surface area contributed by atoms with Crippen molar-refractivity contribution in [3.05, 3.63) is 59.3 Å². The zero-order valence-corrected chi connectivity index (χ0v) is 22.4. The van der Waals surface area contributed by atoms with Crippen molar-refractivity contribution in [3.63, 3.8) is 0 Å². The van der Waals surface area contributed by atoms with Gasteiger partial charge >= 0.3 is 12.1 Å². The summed E-state index contributed by atoms with van der Waals surface area (Å²) < 4.78 is 28.8. The van der Waals surface area contributed by atoms with Gasteiger partial charge in [-0.1, -0.05) is 18.2 Å². The van der Waals surface area contributed by atoms with E-state index in [1.807, 2.05) is 12.1 Å². The fraction of sp³-hybridized carbons (Fsp3) is 0.517. The molecule has 6 rings (SSSR count). The summed E-state index contributed by atoms with van der Waals surface area (Å²) >= 11 is 0. The zero-order chi connectivity index (χ0) is 27.9. The molecule has 1 aromatic heterocycles. The lowest BCUT2D eigenvalue weighted by atomic mass is 9.74. The Morgan fingerprint density at radius 2 is 1.73 bits per heavy atom. The average Bonchev–Trinajstić information content (AvgIpc) is 3.53. The standard InChI is InChI=1S/C29H34F2N6O3/c30-23-7-3-5-21(24(23)31)19-8-9-20(18-37(17-19)28(40)36-13-1-2-14-36)33-27(39)35-15-10-29(11-16-35)22-6-4-12-32-25(22)34-26(29)38/h3-7,12,19-20H,1-2,8-11,13-18H2,(H,33,39)(H,32,34,38)/t19-,20-/m1/s1. The predicted octanol–water partition coefficient (Wildman–Crippen LogP) is 3.82. The van der Waals surface area contributed by atoms with Gasteiger partial charge in [-0.2, -0.15) is 0 Å². The van der Waals surface area contributed by atoms with Crippen molar-refractivity contribution in [2.45, 2.75) is 55.9 Å². The highest BCUT2D eigenvalue weighted by atomic mass is 19.2. The van der Waals surface area contributed by atoms with Crippen LogP contribution < -0.4 is 10.6 Å². The summed E-state index contributed by atoms with van der Waals surface area (Å²) in [6.07, 6.45) is 5.55. The number of benzene rings is 1. The van der Waals surface area contributed by atoms with E-state index >= 15 is 0 Å². The van der Waals surface area contributed by atoms with E-state index < -0.39 is 17.0 Å². The van der Waals surface area contributed by atoms with E-state index in [2.05, 4.69) is 15.6 Å². The third-order valence-corrected chi connectivity index (χ3v) is 9.04. The molecule has 5 heterocycles. The minimum atomic E-state index is -0.902. The smallest absolute Gasteiger partial charge is 0.320 e. The van der Waals surface area contributed by atoms with E-state index in [4.69, 9.17) is 0 Å². The third-order valence-electron chi connectivity index (χ3n) is 9.04. The maximum Gasteiger partial charge on any atom is 0.320 e. The molecule has 0 unspecified atom stereocenters. The molecule has 1 spiro atoms. The van der Waals surface area contributed by atoms with Gasteiger partial charge < -0.3 is 25.3 Å². The van der Waals surface area contributed by atoms with E-state index in [1.54, 1.807) is 27.0 Å². The monoisotopic (exact) mass is 552 g/mol. The Labute approximate surface area is 231 Å².